The molecular weight excluding hydrogens is 356 g/mol. The van der Waals surface area contributed by atoms with E-state index in [0.29, 0.717) is 0 Å². The first-order valence-corrected chi connectivity index (χ1v) is 9.15. The smallest absolute Gasteiger partial charge is 0.287 e. The van der Waals surface area contributed by atoms with E-state index in [1.807, 2.05) is 0 Å². The van der Waals surface area contributed by atoms with Gasteiger partial charge in [0, 0.05) is 24.9 Å². The maximum absolute atomic E-state index is 12.0. The Kier molecular flexibility index (Phi) is 5.63. The van der Waals surface area contributed by atoms with Gasteiger partial charge in [-0.25, -0.2) is 8.42 Å². The molecule has 1 heterocycles. The van der Waals surface area contributed by atoms with E-state index >= 15 is 0 Å². The highest BCUT2D eigenvalue weighted by molar-refractivity contribution is 7.90. The molecule has 1 aromatic heterocycles. The molecule has 2 rings (SSSR count). The topological polar surface area (TPSA) is 105 Å². The van der Waals surface area contributed by atoms with Crippen molar-refractivity contribution in [3.8, 4) is 0 Å². The van der Waals surface area contributed by atoms with Crippen molar-refractivity contribution < 1.29 is 22.4 Å². The first-order chi connectivity index (χ1) is 11.3. The van der Waals surface area contributed by atoms with E-state index in [1.54, 1.807) is 6.07 Å². The molecule has 0 saturated carbocycles. The zero-order valence-electron chi connectivity index (χ0n) is 12.7. The maximum atomic E-state index is 12.0. The van der Waals surface area contributed by atoms with Gasteiger partial charge in [-0.1, -0.05) is 11.6 Å². The number of carbonyl (C=O) groups excluding carboxylic acids is 2. The second kappa shape index (κ2) is 7.50. The Hall–Kier alpha value is -2.32. The van der Waals surface area contributed by atoms with Crippen molar-refractivity contribution in [3.63, 3.8) is 0 Å². The van der Waals surface area contributed by atoms with E-state index in [0.717, 1.165) is 6.26 Å². The minimum absolute atomic E-state index is 0.0553. The second-order valence-electron chi connectivity index (χ2n) is 4.91. The van der Waals surface area contributed by atoms with Gasteiger partial charge in [0.1, 0.15) is 0 Å². The summed E-state index contributed by atoms with van der Waals surface area (Å²) >= 11 is 5.83. The van der Waals surface area contributed by atoms with Crippen molar-refractivity contribution in [3.05, 3.63) is 52.9 Å². The monoisotopic (exact) mass is 370 g/mol. The largest absolute Gasteiger partial charge is 0.459 e. The first kappa shape index (κ1) is 18.0. The van der Waals surface area contributed by atoms with Crippen LogP contribution in [0.3, 0.4) is 0 Å². The fourth-order valence-corrected chi connectivity index (χ4v) is 3.18. The van der Waals surface area contributed by atoms with E-state index in [1.165, 1.54) is 30.5 Å². The Morgan fingerprint density at radius 2 is 1.79 bits per heavy atom. The Labute approximate surface area is 143 Å². The van der Waals surface area contributed by atoms with E-state index in [4.69, 9.17) is 16.0 Å². The van der Waals surface area contributed by atoms with Crippen LogP contribution in [0.15, 0.2) is 45.9 Å². The molecule has 0 aliphatic carbocycles. The summed E-state index contributed by atoms with van der Waals surface area (Å²) in [5, 5.41) is 5.20. The zero-order valence-corrected chi connectivity index (χ0v) is 14.3. The van der Waals surface area contributed by atoms with Crippen LogP contribution in [0.5, 0.6) is 0 Å². The van der Waals surface area contributed by atoms with Crippen LogP contribution >= 0.6 is 11.6 Å². The SMILES string of the molecule is CS(=O)(=O)c1cc(C(=O)NCCNC(=O)c2ccco2)ccc1Cl. The first-order valence-electron chi connectivity index (χ1n) is 6.88. The van der Waals surface area contributed by atoms with Crippen molar-refractivity contribution in [1.29, 1.82) is 0 Å². The van der Waals surface area contributed by atoms with Gasteiger partial charge >= 0.3 is 0 Å². The van der Waals surface area contributed by atoms with E-state index < -0.39 is 15.7 Å². The quantitative estimate of drug-likeness (QED) is 0.749. The van der Waals surface area contributed by atoms with Gasteiger partial charge in [-0.2, -0.15) is 0 Å². The Balaban J connectivity index is 1.90. The van der Waals surface area contributed by atoms with Gasteiger partial charge in [-0.05, 0) is 30.3 Å². The average Bonchev–Trinajstić information content (AvgIpc) is 3.05. The molecule has 128 valence electrons. The number of carbonyl (C=O) groups is 2. The maximum Gasteiger partial charge on any atom is 0.287 e. The average molecular weight is 371 g/mol. The molecule has 0 radical (unpaired) electrons. The molecule has 0 bridgehead atoms. The molecule has 0 fully saturated rings. The molecule has 2 N–H and O–H groups in total. The lowest BCUT2D eigenvalue weighted by Gasteiger charge is -2.08. The molecule has 0 aliphatic heterocycles. The summed E-state index contributed by atoms with van der Waals surface area (Å²) in [6, 6.07) is 7.11. The number of sulfone groups is 1. The lowest BCUT2D eigenvalue weighted by Crippen LogP contribution is -2.34. The van der Waals surface area contributed by atoms with Crippen LogP contribution in [-0.4, -0.2) is 39.6 Å². The third-order valence-corrected chi connectivity index (χ3v) is 4.61. The highest BCUT2D eigenvalue weighted by atomic mass is 35.5. The van der Waals surface area contributed by atoms with Gasteiger partial charge in [0.2, 0.25) is 0 Å². The molecule has 0 unspecified atom stereocenters. The standard InChI is InChI=1S/C15H15ClN2O5S/c1-24(21,22)13-9-10(4-5-11(13)16)14(19)17-6-7-18-15(20)12-3-2-8-23-12/h2-5,8-9H,6-7H2,1H3,(H,17,19)(H,18,20). The number of furan rings is 1. The molecule has 2 amide bonds. The van der Waals surface area contributed by atoms with Crippen molar-refractivity contribution in [2.45, 2.75) is 4.90 Å². The van der Waals surface area contributed by atoms with Gasteiger partial charge in [-0.3, -0.25) is 9.59 Å². The molecule has 9 heteroatoms. The van der Waals surface area contributed by atoms with E-state index in [9.17, 15) is 18.0 Å². The van der Waals surface area contributed by atoms with Crippen molar-refractivity contribution >= 4 is 33.3 Å². The lowest BCUT2D eigenvalue weighted by molar-refractivity contribution is 0.0910. The molecule has 0 saturated heterocycles. The molecule has 1 aromatic carbocycles. The highest BCUT2D eigenvalue weighted by Crippen LogP contribution is 2.22. The highest BCUT2D eigenvalue weighted by Gasteiger charge is 2.15. The molecule has 24 heavy (non-hydrogen) atoms. The van der Waals surface area contributed by atoms with Gasteiger partial charge < -0.3 is 15.1 Å². The number of hydrogen-bond acceptors (Lipinski definition) is 5. The Morgan fingerprint density at radius 1 is 1.12 bits per heavy atom. The van der Waals surface area contributed by atoms with Crippen LogP contribution in [-0.2, 0) is 9.84 Å². The summed E-state index contributed by atoms with van der Waals surface area (Å²) in [5.41, 5.74) is 0.164. The van der Waals surface area contributed by atoms with E-state index in [-0.39, 0.29) is 40.2 Å². The number of hydrogen-bond donors (Lipinski definition) is 2. The number of nitrogens with one attached hydrogen (secondary N) is 2. The number of rotatable bonds is 6. The van der Waals surface area contributed by atoms with Crippen LogP contribution in [0, 0.1) is 0 Å². The third kappa shape index (κ3) is 4.59. The van der Waals surface area contributed by atoms with Crippen molar-refractivity contribution in [2.24, 2.45) is 0 Å². The lowest BCUT2D eigenvalue weighted by atomic mass is 10.2. The summed E-state index contributed by atoms with van der Waals surface area (Å²) in [4.78, 5) is 23.5. The summed E-state index contributed by atoms with van der Waals surface area (Å²) < 4.78 is 28.1. The summed E-state index contributed by atoms with van der Waals surface area (Å²) in [6.45, 7) is 0.361. The van der Waals surface area contributed by atoms with Gasteiger partial charge in [0.25, 0.3) is 11.8 Å². The number of halogens is 1. The summed E-state index contributed by atoms with van der Waals surface area (Å²) in [5.74, 6) is -0.680. The molecule has 0 atom stereocenters. The zero-order chi connectivity index (χ0) is 17.7. The molecule has 0 spiro atoms. The Morgan fingerprint density at radius 3 is 2.38 bits per heavy atom. The van der Waals surface area contributed by atoms with Crippen LogP contribution in [0.1, 0.15) is 20.9 Å². The van der Waals surface area contributed by atoms with Crippen molar-refractivity contribution in [1.82, 2.24) is 10.6 Å². The van der Waals surface area contributed by atoms with Crippen LogP contribution < -0.4 is 10.6 Å². The molecule has 2 aromatic rings. The number of benzene rings is 1. The van der Waals surface area contributed by atoms with E-state index in [2.05, 4.69) is 10.6 Å². The normalized spacial score (nSPS) is 11.1. The summed E-state index contributed by atoms with van der Waals surface area (Å²) in [7, 11) is -3.53. The molecular formula is C15H15ClN2O5S. The predicted molar refractivity (Wildman–Crippen MR) is 87.9 cm³/mol. The fraction of sp³-hybridized carbons (Fsp3) is 0.200. The second-order valence-corrected chi connectivity index (χ2v) is 7.30. The number of amides is 2. The Bertz CT molecular complexity index is 847. The van der Waals surface area contributed by atoms with Crippen LogP contribution in [0.2, 0.25) is 5.02 Å². The van der Waals surface area contributed by atoms with Crippen LogP contribution in [0.25, 0.3) is 0 Å². The minimum Gasteiger partial charge on any atom is -0.459 e. The summed E-state index contributed by atoms with van der Waals surface area (Å²) in [6.07, 6.45) is 2.40. The third-order valence-electron chi connectivity index (χ3n) is 3.03. The van der Waals surface area contributed by atoms with Crippen molar-refractivity contribution in [2.75, 3.05) is 19.3 Å². The van der Waals surface area contributed by atoms with Gasteiger partial charge in [0.05, 0.1) is 16.2 Å². The predicted octanol–water partition coefficient (Wildman–Crippen LogP) is 1.50. The van der Waals surface area contributed by atoms with Gasteiger partial charge in [0.15, 0.2) is 15.6 Å². The van der Waals surface area contributed by atoms with Crippen LogP contribution in [0.4, 0.5) is 0 Å². The minimum atomic E-state index is -3.53. The fourth-order valence-electron chi connectivity index (χ4n) is 1.88. The molecule has 7 nitrogen and oxygen atoms in total. The van der Waals surface area contributed by atoms with Gasteiger partial charge in [-0.15, -0.1) is 0 Å². The molecule has 0 aliphatic rings.